The molecule has 2 unspecified atom stereocenters. The molecular formula is C24H30ClFN4O3. The Bertz CT molecular complexity index is 1000. The number of aromatic nitrogens is 2. The van der Waals surface area contributed by atoms with Crippen molar-refractivity contribution in [2.75, 3.05) is 18.5 Å². The van der Waals surface area contributed by atoms with Crippen LogP contribution in [0.25, 0.3) is 0 Å². The van der Waals surface area contributed by atoms with Crippen LogP contribution in [0.15, 0.2) is 24.4 Å². The number of rotatable bonds is 9. The minimum Gasteiger partial charge on any atom is -0.466 e. The number of esters is 1. The van der Waals surface area contributed by atoms with Crippen LogP contribution in [-0.2, 0) is 9.53 Å². The molecule has 1 heterocycles. The first-order valence-electron chi connectivity index (χ1n) is 11.3. The van der Waals surface area contributed by atoms with Crippen LogP contribution in [0.5, 0.6) is 0 Å². The quantitative estimate of drug-likeness (QED) is 0.481. The zero-order chi connectivity index (χ0) is 24.0. The van der Waals surface area contributed by atoms with E-state index in [1.165, 1.54) is 18.3 Å². The van der Waals surface area contributed by atoms with Crippen LogP contribution in [0.1, 0.15) is 68.6 Å². The van der Waals surface area contributed by atoms with Crippen molar-refractivity contribution in [2.24, 2.45) is 11.8 Å². The van der Waals surface area contributed by atoms with Gasteiger partial charge in [0.05, 0.1) is 23.5 Å². The van der Waals surface area contributed by atoms with Gasteiger partial charge in [0.25, 0.3) is 5.91 Å². The van der Waals surface area contributed by atoms with Crippen molar-refractivity contribution in [1.29, 1.82) is 0 Å². The van der Waals surface area contributed by atoms with E-state index in [0.717, 1.165) is 19.3 Å². The SMILES string of the molecule is CCOC(=O)CC1CCCC1CNC(=O)c1cnc(Nc2ccc(Cl)c(F)c2)c(C(C)C)n1. The lowest BCUT2D eigenvalue weighted by Crippen LogP contribution is -2.32. The molecule has 2 atom stereocenters. The van der Waals surface area contributed by atoms with Crippen LogP contribution in [-0.4, -0.2) is 35.0 Å². The monoisotopic (exact) mass is 476 g/mol. The van der Waals surface area contributed by atoms with Gasteiger partial charge in [-0.15, -0.1) is 0 Å². The van der Waals surface area contributed by atoms with Gasteiger partial charge in [-0.2, -0.15) is 0 Å². The molecule has 0 aliphatic heterocycles. The maximum atomic E-state index is 13.8. The summed E-state index contributed by atoms with van der Waals surface area (Å²) in [5.41, 5.74) is 1.30. The number of hydrogen-bond acceptors (Lipinski definition) is 6. The van der Waals surface area contributed by atoms with Crippen LogP contribution >= 0.6 is 11.6 Å². The molecule has 0 radical (unpaired) electrons. The van der Waals surface area contributed by atoms with Gasteiger partial charge in [0, 0.05) is 18.7 Å². The lowest BCUT2D eigenvalue weighted by Gasteiger charge is -2.19. The summed E-state index contributed by atoms with van der Waals surface area (Å²) in [5.74, 6) is -0.149. The van der Waals surface area contributed by atoms with Crippen LogP contribution in [0.4, 0.5) is 15.9 Å². The van der Waals surface area contributed by atoms with E-state index >= 15 is 0 Å². The summed E-state index contributed by atoms with van der Waals surface area (Å²) in [5, 5.41) is 6.03. The summed E-state index contributed by atoms with van der Waals surface area (Å²) in [6.07, 6.45) is 4.75. The highest BCUT2D eigenvalue weighted by atomic mass is 35.5. The second kappa shape index (κ2) is 11.4. The summed E-state index contributed by atoms with van der Waals surface area (Å²) >= 11 is 5.75. The highest BCUT2D eigenvalue weighted by Crippen LogP contribution is 2.34. The topological polar surface area (TPSA) is 93.2 Å². The third kappa shape index (κ3) is 6.63. The van der Waals surface area contributed by atoms with E-state index in [1.807, 2.05) is 13.8 Å². The molecule has 1 aliphatic carbocycles. The molecule has 0 saturated heterocycles. The van der Waals surface area contributed by atoms with E-state index in [9.17, 15) is 14.0 Å². The average molecular weight is 477 g/mol. The van der Waals surface area contributed by atoms with Crippen LogP contribution < -0.4 is 10.6 Å². The number of carbonyl (C=O) groups excluding carboxylic acids is 2. The average Bonchev–Trinajstić information content (AvgIpc) is 3.21. The van der Waals surface area contributed by atoms with Gasteiger partial charge in [0.2, 0.25) is 0 Å². The Morgan fingerprint density at radius 1 is 1.27 bits per heavy atom. The van der Waals surface area contributed by atoms with Crippen LogP contribution in [0.3, 0.4) is 0 Å². The fraction of sp³-hybridized carbons (Fsp3) is 0.500. The summed E-state index contributed by atoms with van der Waals surface area (Å²) in [7, 11) is 0. The first kappa shape index (κ1) is 24.9. The molecule has 178 valence electrons. The standard InChI is InChI=1S/C24H30ClFN4O3/c1-4-33-21(31)10-15-6-5-7-16(15)12-28-24(32)20-13-27-23(22(30-20)14(2)3)29-17-8-9-18(25)19(26)11-17/h8-9,11,13-16H,4-7,10,12H2,1-3H3,(H,27,29)(H,28,32). The Morgan fingerprint density at radius 3 is 2.73 bits per heavy atom. The second-order valence-electron chi connectivity index (χ2n) is 8.57. The Kier molecular flexibility index (Phi) is 8.61. The number of ether oxygens (including phenoxy) is 1. The normalized spacial score (nSPS) is 17.8. The third-order valence-electron chi connectivity index (χ3n) is 5.84. The van der Waals surface area contributed by atoms with E-state index in [-0.39, 0.29) is 40.3 Å². The number of carbonyl (C=O) groups is 2. The predicted molar refractivity (Wildman–Crippen MR) is 125 cm³/mol. The zero-order valence-electron chi connectivity index (χ0n) is 19.2. The number of benzene rings is 1. The molecule has 0 spiro atoms. The Hall–Kier alpha value is -2.74. The number of nitrogens with zero attached hydrogens (tertiary/aromatic N) is 2. The highest BCUT2D eigenvalue weighted by Gasteiger charge is 2.30. The smallest absolute Gasteiger partial charge is 0.306 e. The lowest BCUT2D eigenvalue weighted by molar-refractivity contribution is -0.144. The summed E-state index contributed by atoms with van der Waals surface area (Å²) in [6.45, 7) is 6.54. The predicted octanol–water partition coefficient (Wildman–Crippen LogP) is 5.24. The molecule has 1 amide bonds. The molecule has 1 saturated carbocycles. The maximum absolute atomic E-state index is 13.8. The second-order valence-corrected chi connectivity index (χ2v) is 8.98. The summed E-state index contributed by atoms with van der Waals surface area (Å²) in [4.78, 5) is 33.5. The van der Waals surface area contributed by atoms with Crippen molar-refractivity contribution in [2.45, 2.75) is 52.4 Å². The summed E-state index contributed by atoms with van der Waals surface area (Å²) < 4.78 is 18.8. The van der Waals surface area contributed by atoms with E-state index in [1.54, 1.807) is 13.0 Å². The van der Waals surface area contributed by atoms with Crippen molar-refractivity contribution >= 4 is 35.0 Å². The lowest BCUT2D eigenvalue weighted by atomic mass is 9.93. The molecule has 1 aliphatic rings. The van der Waals surface area contributed by atoms with Gasteiger partial charge in [-0.1, -0.05) is 31.9 Å². The van der Waals surface area contributed by atoms with Gasteiger partial charge in [-0.05, 0) is 55.7 Å². The molecule has 0 bridgehead atoms. The Morgan fingerprint density at radius 2 is 2.03 bits per heavy atom. The van der Waals surface area contributed by atoms with E-state index < -0.39 is 5.82 Å². The van der Waals surface area contributed by atoms with Crippen molar-refractivity contribution < 1.29 is 18.7 Å². The van der Waals surface area contributed by atoms with Crippen molar-refractivity contribution in [3.8, 4) is 0 Å². The van der Waals surface area contributed by atoms with Gasteiger partial charge < -0.3 is 15.4 Å². The number of hydrogen-bond donors (Lipinski definition) is 2. The number of anilines is 2. The molecule has 9 heteroatoms. The molecule has 2 aromatic rings. The van der Waals surface area contributed by atoms with E-state index in [4.69, 9.17) is 16.3 Å². The van der Waals surface area contributed by atoms with Gasteiger partial charge in [0.1, 0.15) is 11.5 Å². The number of nitrogens with one attached hydrogen (secondary N) is 2. The fourth-order valence-corrected chi connectivity index (χ4v) is 4.24. The van der Waals surface area contributed by atoms with Gasteiger partial charge in [-0.25, -0.2) is 14.4 Å². The fourth-order valence-electron chi connectivity index (χ4n) is 4.12. The number of halogens is 2. The third-order valence-corrected chi connectivity index (χ3v) is 6.14. The van der Waals surface area contributed by atoms with Gasteiger partial charge in [0.15, 0.2) is 5.82 Å². The maximum Gasteiger partial charge on any atom is 0.306 e. The Labute approximate surface area is 198 Å². The first-order chi connectivity index (χ1) is 15.8. The highest BCUT2D eigenvalue weighted by molar-refractivity contribution is 6.30. The molecule has 1 fully saturated rings. The van der Waals surface area contributed by atoms with Crippen LogP contribution in [0, 0.1) is 17.7 Å². The van der Waals surface area contributed by atoms with Crippen LogP contribution in [0.2, 0.25) is 5.02 Å². The molecule has 1 aromatic heterocycles. The molecule has 7 nitrogen and oxygen atoms in total. The molecule has 2 N–H and O–H groups in total. The van der Waals surface area contributed by atoms with Crippen molar-refractivity contribution in [3.63, 3.8) is 0 Å². The van der Waals surface area contributed by atoms with Crippen molar-refractivity contribution in [1.82, 2.24) is 15.3 Å². The van der Waals surface area contributed by atoms with E-state index in [2.05, 4.69) is 20.6 Å². The number of amides is 1. The minimum absolute atomic E-state index is 0.0197. The first-order valence-corrected chi connectivity index (χ1v) is 11.7. The zero-order valence-corrected chi connectivity index (χ0v) is 19.9. The molecular weight excluding hydrogens is 447 g/mol. The molecule has 33 heavy (non-hydrogen) atoms. The minimum atomic E-state index is -0.537. The Balaban J connectivity index is 1.66. The van der Waals surface area contributed by atoms with Gasteiger partial charge >= 0.3 is 5.97 Å². The molecule has 3 rings (SSSR count). The molecule has 1 aromatic carbocycles. The largest absolute Gasteiger partial charge is 0.466 e. The van der Waals surface area contributed by atoms with E-state index in [0.29, 0.717) is 36.8 Å². The summed E-state index contributed by atoms with van der Waals surface area (Å²) in [6, 6.07) is 4.39. The van der Waals surface area contributed by atoms with Gasteiger partial charge in [-0.3, -0.25) is 9.59 Å². The van der Waals surface area contributed by atoms with Crippen molar-refractivity contribution in [3.05, 3.63) is 46.6 Å².